The van der Waals surface area contributed by atoms with Crippen LogP contribution in [0.2, 0.25) is 0 Å². The molecule has 1 aliphatic carbocycles. The van der Waals surface area contributed by atoms with E-state index in [1.165, 1.54) is 49.2 Å². The maximum absolute atomic E-state index is 13.7. The molecule has 0 bridgehead atoms. The van der Waals surface area contributed by atoms with Gasteiger partial charge in [-0.1, -0.05) is 87.9 Å². The first-order valence-corrected chi connectivity index (χ1v) is 33.8. The molecule has 24 nitrogen and oxygen atoms in total. The molecule has 1 aromatic heterocycles. The molecule has 5 unspecified atom stereocenters. The van der Waals surface area contributed by atoms with Gasteiger partial charge in [0.2, 0.25) is 0 Å². The lowest BCUT2D eigenvalue weighted by Crippen LogP contribution is -2.36. The van der Waals surface area contributed by atoms with Gasteiger partial charge in [0.15, 0.2) is 0 Å². The Kier molecular flexibility index (Phi) is 22.5. The molecular weight excluding hydrogens is 1180 g/mol. The van der Waals surface area contributed by atoms with Crippen molar-refractivity contribution < 1.29 is 80.1 Å². The molecule has 0 spiro atoms. The molecule has 1 fully saturated rings. The molecule has 7 atom stereocenters. The van der Waals surface area contributed by atoms with Gasteiger partial charge < -0.3 is 54.3 Å². The van der Waals surface area contributed by atoms with Gasteiger partial charge in [-0.3, -0.25) is 28.7 Å². The summed E-state index contributed by atoms with van der Waals surface area (Å²) in [6.07, 6.45) is 1.73. The second-order valence-electron chi connectivity index (χ2n) is 19.7. The smallest absolute Gasteiger partial charge is 0.478 e. The van der Waals surface area contributed by atoms with Crippen molar-refractivity contribution in [2.75, 3.05) is 50.0 Å². The fourth-order valence-corrected chi connectivity index (χ4v) is 15.5. The highest BCUT2D eigenvalue weighted by Gasteiger charge is 2.44. The third kappa shape index (κ3) is 18.5. The van der Waals surface area contributed by atoms with Crippen molar-refractivity contribution in [2.45, 2.75) is 103 Å². The fraction of sp³-hybridized carbons (Fsp3) is 0.490. The van der Waals surface area contributed by atoms with E-state index in [1.807, 2.05) is 80.5 Å². The molecular formula is C49H64N5O19P3S4. The van der Waals surface area contributed by atoms with Crippen molar-refractivity contribution >= 4 is 89.9 Å². The molecule has 0 radical (unpaired) electrons. The summed E-state index contributed by atoms with van der Waals surface area (Å²) >= 11 is 0. The number of H-pyrrole nitrogens is 1. The first-order valence-electron chi connectivity index (χ1n) is 24.6. The Morgan fingerprint density at radius 3 is 2.36 bits per heavy atom. The van der Waals surface area contributed by atoms with Crippen molar-refractivity contribution in [2.24, 2.45) is 10.9 Å². The number of nitrogens with zero attached hydrogens (tertiary/aromatic N) is 2. The maximum atomic E-state index is 13.7. The summed E-state index contributed by atoms with van der Waals surface area (Å²) in [5, 5.41) is 17.0. The van der Waals surface area contributed by atoms with Crippen molar-refractivity contribution in [1.82, 2.24) is 14.9 Å². The number of aromatic amines is 1. The molecule has 3 heterocycles. The van der Waals surface area contributed by atoms with Crippen LogP contribution in [0.4, 0.5) is 5.69 Å². The monoisotopic (exact) mass is 1250 g/mol. The van der Waals surface area contributed by atoms with Crippen LogP contribution in [0.5, 0.6) is 5.75 Å². The standard InChI is InChI=1S/C49H64N5O19P3S4/c1-10-50-36-20-38-34(17-28(36)3)43(35-18-29(4)37(51-11-2)21-39(35)70-38)32-15-14-30(19-33(32)46(57)58)44(55)52-25-49(8,9)80-77-26-67-16-12-13-31-23-54(47(59)53-45(31)56)42-22-40(68-27-78-79-48(5,6)7)41(71-42)24-69-75(63,64)73-76(65,66)72-74(60,61)62/h14-15,17-21,23,34,40-43,51H,10-11,16,22,24-27H2,1-9H3,(H,52,55)(H,57,58)(H,63,64)(H,65,66)(H,53,56,59)(H2,60,61,62)/t34?,40-,41?,42-,43?/m1/s1. The number of nitrogens with one attached hydrogen (secondary N) is 3. The molecule has 1 saturated heterocycles. The normalized spacial score (nSPS) is 21.2. The van der Waals surface area contributed by atoms with Gasteiger partial charge in [0, 0.05) is 82.5 Å². The van der Waals surface area contributed by atoms with E-state index >= 15 is 0 Å². The molecule has 8 N–H and O–H groups in total. The van der Waals surface area contributed by atoms with Crippen LogP contribution >= 0.6 is 66.6 Å². The number of carboxylic acid groups (broad SMARTS) is 1. The van der Waals surface area contributed by atoms with Crippen LogP contribution in [0.1, 0.15) is 117 Å². The minimum absolute atomic E-state index is 0.00676. The Balaban J connectivity index is 1.05. The van der Waals surface area contributed by atoms with E-state index in [2.05, 4.69) is 47.1 Å². The number of aromatic nitrogens is 2. The number of fused-ring (bicyclic) bond motifs is 2. The first kappa shape index (κ1) is 65.2. The number of aryl methyl sites for hydroxylation is 1. The third-order valence-corrected chi connectivity index (χ3v) is 21.5. The minimum Gasteiger partial charge on any atom is -0.478 e. The molecule has 438 valence electrons. The van der Waals surface area contributed by atoms with Crippen LogP contribution in [0.25, 0.3) is 0 Å². The number of carbonyl (C=O) groups excluding carboxylic acids is 1. The zero-order chi connectivity index (χ0) is 59.0. The van der Waals surface area contributed by atoms with Crippen LogP contribution < -0.4 is 26.6 Å². The third-order valence-electron chi connectivity index (χ3n) is 11.7. The number of phosphoric acid groups is 3. The van der Waals surface area contributed by atoms with Gasteiger partial charge in [0.05, 0.1) is 24.0 Å². The SMILES string of the molecule is CCN=C1C=C2Oc3cc(NCC)c(C)cc3C(c3ccc(C(=O)NCC(C)(C)SSCOCC#Cc4cn([C@H]5C[C@@H](OCSSC(C)(C)C)C(COP(=O)(O)OP(=O)(O)OP(=O)(O)O)O5)c(=O)[nH]c4=O)cc3C(=O)O)C2C=C1C. The van der Waals surface area contributed by atoms with E-state index in [-0.39, 0.29) is 58.8 Å². The summed E-state index contributed by atoms with van der Waals surface area (Å²) < 4.78 is 72.2. The summed E-state index contributed by atoms with van der Waals surface area (Å²) in [6.45, 7) is 18.2. The number of rotatable bonds is 25. The van der Waals surface area contributed by atoms with Crippen molar-refractivity contribution in [3.05, 3.63) is 114 Å². The van der Waals surface area contributed by atoms with E-state index in [9.17, 15) is 47.8 Å². The number of carbonyl (C=O) groups is 2. The number of phosphoric ester groups is 1. The average molecular weight is 1250 g/mol. The lowest BCUT2D eigenvalue weighted by Gasteiger charge is -2.37. The quantitative estimate of drug-likeness (QED) is 0.0129. The van der Waals surface area contributed by atoms with Crippen LogP contribution in [0.15, 0.2) is 74.6 Å². The number of aromatic carboxylic acids is 1. The van der Waals surface area contributed by atoms with Gasteiger partial charge in [0.1, 0.15) is 47.9 Å². The van der Waals surface area contributed by atoms with E-state index in [0.717, 1.165) is 38.9 Å². The molecule has 2 aromatic carbocycles. The van der Waals surface area contributed by atoms with E-state index in [0.29, 0.717) is 30.2 Å². The molecule has 6 rings (SSSR count). The van der Waals surface area contributed by atoms with Gasteiger partial charge in [-0.2, -0.15) is 8.62 Å². The molecule has 2 aliphatic heterocycles. The molecule has 1 amide bonds. The average Bonchev–Trinajstić information content (AvgIpc) is 3.86. The van der Waals surface area contributed by atoms with Gasteiger partial charge in [-0.05, 0) is 76.4 Å². The highest BCUT2D eigenvalue weighted by Crippen LogP contribution is 2.66. The lowest BCUT2D eigenvalue weighted by molar-refractivity contribution is -0.0543. The number of ether oxygens (including phenoxy) is 4. The number of hydrogen-bond acceptors (Lipinski definition) is 20. The summed E-state index contributed by atoms with van der Waals surface area (Å²) in [7, 11) is -11.4. The predicted molar refractivity (Wildman–Crippen MR) is 308 cm³/mol. The van der Waals surface area contributed by atoms with Gasteiger partial charge in [-0.25, -0.2) is 23.3 Å². The van der Waals surface area contributed by atoms with E-state index in [4.69, 9.17) is 33.3 Å². The number of carboxylic acids is 1. The second-order valence-corrected chi connectivity index (χ2v) is 30.2. The summed E-state index contributed by atoms with van der Waals surface area (Å²) in [5.74, 6) is 4.46. The van der Waals surface area contributed by atoms with Crippen LogP contribution in [0.3, 0.4) is 0 Å². The Bertz CT molecular complexity index is 3240. The van der Waals surface area contributed by atoms with Gasteiger partial charge >= 0.3 is 35.1 Å². The molecule has 31 heteroatoms. The summed E-state index contributed by atoms with van der Waals surface area (Å²) in [5.41, 5.74) is 3.31. The Morgan fingerprint density at radius 2 is 1.69 bits per heavy atom. The fourth-order valence-electron chi connectivity index (χ4n) is 8.38. The first-order chi connectivity index (χ1) is 37.4. The Labute approximate surface area is 477 Å². The minimum atomic E-state index is -5.80. The van der Waals surface area contributed by atoms with E-state index in [1.54, 1.807) is 12.1 Å². The number of allylic oxidation sites excluding steroid dienone is 3. The summed E-state index contributed by atoms with van der Waals surface area (Å²) in [4.78, 5) is 96.7. The van der Waals surface area contributed by atoms with Crippen LogP contribution in [-0.2, 0) is 41.1 Å². The molecule has 3 aromatic rings. The molecule has 0 saturated carbocycles. The zero-order valence-corrected chi connectivity index (χ0v) is 50.9. The van der Waals surface area contributed by atoms with Crippen molar-refractivity contribution in [1.29, 1.82) is 0 Å². The van der Waals surface area contributed by atoms with Gasteiger partial charge in [-0.15, -0.1) is 0 Å². The lowest BCUT2D eigenvalue weighted by atomic mass is 9.73. The van der Waals surface area contributed by atoms with Crippen molar-refractivity contribution in [3.8, 4) is 17.6 Å². The largest absolute Gasteiger partial charge is 0.490 e. The van der Waals surface area contributed by atoms with Crippen LogP contribution in [-0.4, -0.2) is 118 Å². The Morgan fingerprint density at radius 1 is 0.963 bits per heavy atom. The number of benzene rings is 2. The maximum Gasteiger partial charge on any atom is 0.490 e. The number of anilines is 1. The van der Waals surface area contributed by atoms with Gasteiger partial charge in [0.25, 0.3) is 11.5 Å². The summed E-state index contributed by atoms with van der Waals surface area (Å²) in [6, 6.07) is 8.74. The van der Waals surface area contributed by atoms with Crippen molar-refractivity contribution in [3.63, 3.8) is 0 Å². The molecule has 3 aliphatic rings. The zero-order valence-electron chi connectivity index (χ0n) is 45.0. The number of amides is 1. The Hall–Kier alpha value is -3.94. The van der Waals surface area contributed by atoms with Crippen LogP contribution in [0, 0.1) is 24.7 Å². The highest BCUT2D eigenvalue weighted by molar-refractivity contribution is 8.77. The number of aliphatic imine (C=N–C) groups is 1. The highest BCUT2D eigenvalue weighted by atomic mass is 33.1. The molecule has 80 heavy (non-hydrogen) atoms. The van der Waals surface area contributed by atoms with E-state index < -0.39 is 82.3 Å². The second kappa shape index (κ2) is 27.6. The topological polar surface area (TPSA) is 342 Å². The number of hydrogen-bond donors (Lipinski definition) is 8. The predicted octanol–water partition coefficient (Wildman–Crippen LogP) is 8.49.